The molecular weight excluding hydrogens is 434 g/mol. The van der Waals surface area contributed by atoms with Crippen LogP contribution in [0.1, 0.15) is 16.7 Å². The molecule has 172 valence electrons. The monoisotopic (exact) mass is 457 g/mol. The zero-order valence-corrected chi connectivity index (χ0v) is 18.4. The smallest absolute Gasteiger partial charge is 0.233 e. The molecule has 3 aliphatic heterocycles. The number of hydrogen-bond acceptors (Lipinski definition) is 6. The van der Waals surface area contributed by atoms with E-state index < -0.39 is 11.8 Å². The third kappa shape index (κ3) is 3.73. The third-order valence-electron chi connectivity index (χ3n) is 6.62. The molecule has 2 atom stereocenters. The van der Waals surface area contributed by atoms with E-state index in [0.717, 1.165) is 16.7 Å². The largest absolute Gasteiger partial charge is 0.454 e. The third-order valence-corrected chi connectivity index (χ3v) is 6.62. The Balaban J connectivity index is 1.30. The van der Waals surface area contributed by atoms with Gasteiger partial charge in [0.25, 0.3) is 0 Å². The maximum atomic E-state index is 13.6. The van der Waals surface area contributed by atoms with Gasteiger partial charge in [0, 0.05) is 0 Å². The van der Waals surface area contributed by atoms with Crippen LogP contribution in [-0.4, -0.2) is 30.3 Å². The van der Waals surface area contributed by atoms with Crippen molar-refractivity contribution in [1.82, 2.24) is 4.90 Å². The first-order valence-corrected chi connectivity index (χ1v) is 11.3. The molecule has 1 fully saturated rings. The van der Waals surface area contributed by atoms with Crippen LogP contribution in [0.2, 0.25) is 0 Å². The molecule has 1 saturated heterocycles. The summed E-state index contributed by atoms with van der Waals surface area (Å²) < 4.78 is 21.8. The minimum atomic E-state index is -0.470. The van der Waals surface area contributed by atoms with Crippen LogP contribution in [0.25, 0.3) is 0 Å². The van der Waals surface area contributed by atoms with E-state index in [4.69, 9.17) is 18.9 Å². The van der Waals surface area contributed by atoms with E-state index >= 15 is 0 Å². The molecule has 0 spiro atoms. The van der Waals surface area contributed by atoms with Gasteiger partial charge in [-0.15, -0.1) is 0 Å². The van der Waals surface area contributed by atoms with Crippen LogP contribution < -0.4 is 18.9 Å². The van der Waals surface area contributed by atoms with E-state index in [-0.39, 0.29) is 31.9 Å². The fraction of sp³-hybridized carbons (Fsp3) is 0.259. The number of fused-ring (bicyclic) bond motifs is 2. The van der Waals surface area contributed by atoms with Crippen LogP contribution in [0.5, 0.6) is 23.0 Å². The average Bonchev–Trinajstić information content (AvgIpc) is 3.57. The molecule has 0 unspecified atom stereocenters. The van der Waals surface area contributed by atoms with Gasteiger partial charge in [-0.2, -0.15) is 0 Å². The highest BCUT2D eigenvalue weighted by Gasteiger charge is 2.47. The zero-order chi connectivity index (χ0) is 23.1. The van der Waals surface area contributed by atoms with Gasteiger partial charge >= 0.3 is 0 Å². The average molecular weight is 457 g/mol. The number of benzene rings is 3. The Kier molecular flexibility index (Phi) is 5.09. The zero-order valence-electron chi connectivity index (χ0n) is 18.4. The van der Waals surface area contributed by atoms with Gasteiger partial charge in [-0.25, -0.2) is 0 Å². The predicted molar refractivity (Wildman–Crippen MR) is 122 cm³/mol. The number of rotatable bonds is 6. The van der Waals surface area contributed by atoms with E-state index in [9.17, 15) is 9.59 Å². The van der Waals surface area contributed by atoms with Crippen LogP contribution in [0.4, 0.5) is 0 Å². The Morgan fingerprint density at radius 2 is 1.12 bits per heavy atom. The molecule has 0 bridgehead atoms. The number of likely N-dealkylation sites (tertiary alicyclic amines) is 1. The van der Waals surface area contributed by atoms with E-state index in [2.05, 4.69) is 0 Å². The van der Waals surface area contributed by atoms with Gasteiger partial charge in [-0.05, 0) is 53.8 Å². The first-order chi connectivity index (χ1) is 16.7. The fourth-order valence-electron chi connectivity index (χ4n) is 4.88. The Bertz CT molecular complexity index is 1180. The van der Waals surface area contributed by atoms with Crippen molar-refractivity contribution in [3.63, 3.8) is 0 Å². The number of ether oxygens (including phenoxy) is 4. The second kappa shape index (κ2) is 8.41. The van der Waals surface area contributed by atoms with Crippen molar-refractivity contribution >= 4 is 11.8 Å². The Morgan fingerprint density at radius 3 is 1.65 bits per heavy atom. The SMILES string of the molecule is O=C1[C@@H](Cc2ccc3c(c2)OCO3)[C@H](Cc2ccc3c(c2)OCO3)C(=O)N1Cc1ccccc1. The molecule has 3 heterocycles. The molecule has 3 aromatic rings. The molecule has 2 amide bonds. The van der Waals surface area contributed by atoms with E-state index in [0.29, 0.717) is 35.8 Å². The number of amides is 2. The van der Waals surface area contributed by atoms with Crippen LogP contribution in [0.15, 0.2) is 66.7 Å². The van der Waals surface area contributed by atoms with Gasteiger partial charge in [-0.3, -0.25) is 14.5 Å². The van der Waals surface area contributed by atoms with Gasteiger partial charge in [0.05, 0.1) is 18.4 Å². The van der Waals surface area contributed by atoms with Gasteiger partial charge < -0.3 is 18.9 Å². The van der Waals surface area contributed by atoms with Crippen LogP contribution >= 0.6 is 0 Å². The molecule has 7 heteroatoms. The number of imide groups is 1. The van der Waals surface area contributed by atoms with Crippen LogP contribution in [0.3, 0.4) is 0 Å². The molecule has 34 heavy (non-hydrogen) atoms. The maximum Gasteiger partial charge on any atom is 0.233 e. The topological polar surface area (TPSA) is 74.3 Å². The lowest BCUT2D eigenvalue weighted by Crippen LogP contribution is -2.31. The molecule has 6 rings (SSSR count). The lowest BCUT2D eigenvalue weighted by atomic mass is 9.84. The molecule has 3 aliphatic rings. The first kappa shape index (κ1) is 20.6. The molecule has 7 nitrogen and oxygen atoms in total. The second-order valence-electron chi connectivity index (χ2n) is 8.74. The van der Waals surface area contributed by atoms with Crippen LogP contribution in [-0.2, 0) is 29.0 Å². The minimum Gasteiger partial charge on any atom is -0.454 e. The van der Waals surface area contributed by atoms with Gasteiger partial charge in [0.1, 0.15) is 0 Å². The van der Waals surface area contributed by atoms with Crippen LogP contribution in [0, 0.1) is 11.8 Å². The number of carbonyl (C=O) groups excluding carboxylic acids is 2. The minimum absolute atomic E-state index is 0.141. The van der Waals surface area contributed by atoms with E-state index in [1.807, 2.05) is 66.7 Å². The Labute approximate surface area is 196 Å². The summed E-state index contributed by atoms with van der Waals surface area (Å²) in [6.07, 6.45) is 0.892. The van der Waals surface area contributed by atoms with Gasteiger partial charge in [0.2, 0.25) is 25.4 Å². The standard InChI is InChI=1S/C27H23NO6/c29-26-20(10-18-6-8-22-24(12-18)33-15-31-22)21(11-19-7-9-23-25(13-19)34-16-32-23)27(30)28(26)14-17-4-2-1-3-5-17/h1-9,12-13,20-21H,10-11,14-16H2/t20-,21-/m0/s1. The van der Waals surface area contributed by atoms with E-state index in [1.54, 1.807) is 0 Å². The quantitative estimate of drug-likeness (QED) is 0.525. The molecule has 3 aromatic carbocycles. The fourth-order valence-corrected chi connectivity index (χ4v) is 4.88. The number of nitrogens with zero attached hydrogens (tertiary/aromatic N) is 1. The van der Waals surface area contributed by atoms with Gasteiger partial charge in [0.15, 0.2) is 23.0 Å². The summed E-state index contributed by atoms with van der Waals surface area (Å²) in [5.74, 6) is 1.50. The number of hydrogen-bond donors (Lipinski definition) is 0. The van der Waals surface area contributed by atoms with Crippen molar-refractivity contribution in [2.45, 2.75) is 19.4 Å². The maximum absolute atomic E-state index is 13.6. The Morgan fingerprint density at radius 1 is 0.618 bits per heavy atom. The molecular formula is C27H23NO6. The van der Waals surface area contributed by atoms with Crippen molar-refractivity contribution < 1.29 is 28.5 Å². The molecule has 0 radical (unpaired) electrons. The van der Waals surface area contributed by atoms with Gasteiger partial charge in [-0.1, -0.05) is 42.5 Å². The summed E-state index contributed by atoms with van der Waals surface area (Å²) in [6.45, 7) is 0.655. The van der Waals surface area contributed by atoms with E-state index in [1.165, 1.54) is 4.90 Å². The summed E-state index contributed by atoms with van der Waals surface area (Å²) in [7, 11) is 0. The van der Waals surface area contributed by atoms with Crippen molar-refractivity contribution in [2.24, 2.45) is 11.8 Å². The highest BCUT2D eigenvalue weighted by Crippen LogP contribution is 2.38. The predicted octanol–water partition coefficient (Wildman–Crippen LogP) is 3.73. The summed E-state index contributed by atoms with van der Waals surface area (Å²) in [5, 5.41) is 0. The summed E-state index contributed by atoms with van der Waals surface area (Å²) in [5.41, 5.74) is 2.80. The van der Waals surface area contributed by atoms with Crippen molar-refractivity contribution in [3.8, 4) is 23.0 Å². The van der Waals surface area contributed by atoms with Crippen molar-refractivity contribution in [2.75, 3.05) is 13.6 Å². The molecule has 0 aromatic heterocycles. The molecule has 0 saturated carbocycles. The highest BCUT2D eigenvalue weighted by molar-refractivity contribution is 6.05. The molecule has 0 aliphatic carbocycles. The highest BCUT2D eigenvalue weighted by atomic mass is 16.7. The summed E-state index contributed by atoms with van der Waals surface area (Å²) in [4.78, 5) is 28.5. The summed E-state index contributed by atoms with van der Waals surface area (Å²) in [6, 6.07) is 21.0. The normalized spacial score (nSPS) is 20.3. The lowest BCUT2D eigenvalue weighted by Gasteiger charge is -2.16. The second-order valence-corrected chi connectivity index (χ2v) is 8.74. The van der Waals surface area contributed by atoms with Crippen molar-refractivity contribution in [3.05, 3.63) is 83.4 Å². The number of carbonyl (C=O) groups is 2. The molecule has 0 N–H and O–H groups in total. The lowest BCUT2D eigenvalue weighted by molar-refractivity contribution is -0.140. The Hall–Kier alpha value is -4.00. The first-order valence-electron chi connectivity index (χ1n) is 11.3. The summed E-state index contributed by atoms with van der Waals surface area (Å²) >= 11 is 0. The van der Waals surface area contributed by atoms with Crippen molar-refractivity contribution in [1.29, 1.82) is 0 Å².